The molecule has 1 aromatic carbocycles. The van der Waals surface area contributed by atoms with E-state index < -0.39 is 0 Å². The molecule has 0 saturated heterocycles. The lowest BCUT2D eigenvalue weighted by Crippen LogP contribution is -2.13. The maximum absolute atomic E-state index is 5.81. The summed E-state index contributed by atoms with van der Waals surface area (Å²) < 4.78 is 11.5. The van der Waals surface area contributed by atoms with Crippen molar-refractivity contribution in [3.05, 3.63) is 29.8 Å². The maximum atomic E-state index is 5.81. The topological polar surface area (TPSA) is 18.5 Å². The van der Waals surface area contributed by atoms with E-state index in [1.165, 1.54) is 56.9 Å². The van der Waals surface area contributed by atoms with Crippen molar-refractivity contribution in [3.63, 3.8) is 0 Å². The van der Waals surface area contributed by atoms with Crippen molar-refractivity contribution in [2.45, 2.75) is 91.1 Å². The second-order valence-electron chi connectivity index (χ2n) is 6.83. The largest absolute Gasteiger partial charge is 0.493 e. The second kappa shape index (κ2) is 14.3. The van der Waals surface area contributed by atoms with E-state index in [1.54, 1.807) is 0 Å². The number of ether oxygens (including phenoxy) is 2. The molecular formula is C22H38O2. The summed E-state index contributed by atoms with van der Waals surface area (Å²) in [5.74, 6) is 0.973. The Bertz CT molecular complexity index is 385. The smallest absolute Gasteiger partial charge is 0.119 e. The molecule has 0 aliphatic rings. The van der Waals surface area contributed by atoms with Crippen molar-refractivity contribution in [2.75, 3.05) is 13.2 Å². The van der Waals surface area contributed by atoms with Gasteiger partial charge in [0, 0.05) is 13.0 Å². The van der Waals surface area contributed by atoms with Crippen LogP contribution >= 0.6 is 0 Å². The molecule has 0 fully saturated rings. The van der Waals surface area contributed by atoms with Crippen LogP contribution in [0.25, 0.3) is 0 Å². The summed E-state index contributed by atoms with van der Waals surface area (Å²) in [5.41, 5.74) is 1.43. The molecule has 2 nitrogen and oxygen atoms in total. The van der Waals surface area contributed by atoms with Gasteiger partial charge in [0.05, 0.1) is 12.7 Å². The van der Waals surface area contributed by atoms with Crippen LogP contribution in [0.4, 0.5) is 0 Å². The van der Waals surface area contributed by atoms with Gasteiger partial charge in [-0.25, -0.2) is 0 Å². The van der Waals surface area contributed by atoms with Crippen LogP contribution in [-0.2, 0) is 11.2 Å². The van der Waals surface area contributed by atoms with E-state index in [0.717, 1.165) is 31.8 Å². The van der Waals surface area contributed by atoms with Gasteiger partial charge in [0.25, 0.3) is 0 Å². The predicted octanol–water partition coefficient (Wildman–Crippen LogP) is 6.56. The molecule has 24 heavy (non-hydrogen) atoms. The molecule has 0 radical (unpaired) electrons. The molecular weight excluding hydrogens is 296 g/mol. The van der Waals surface area contributed by atoms with Crippen molar-refractivity contribution in [1.29, 1.82) is 0 Å². The SMILES string of the molecule is CCCCCCCCCc1ccc(OCCC(C)OCCC)cc1. The number of benzene rings is 1. The van der Waals surface area contributed by atoms with Gasteiger partial charge in [-0.05, 0) is 43.9 Å². The molecule has 1 aromatic rings. The Labute approximate surface area is 149 Å². The van der Waals surface area contributed by atoms with Gasteiger partial charge in [0.2, 0.25) is 0 Å². The molecule has 2 heteroatoms. The highest BCUT2D eigenvalue weighted by Gasteiger charge is 2.02. The third kappa shape index (κ3) is 10.7. The maximum Gasteiger partial charge on any atom is 0.119 e. The zero-order valence-electron chi connectivity index (χ0n) is 16.2. The van der Waals surface area contributed by atoms with Crippen LogP contribution in [0.3, 0.4) is 0 Å². The highest BCUT2D eigenvalue weighted by molar-refractivity contribution is 5.27. The number of hydrogen-bond acceptors (Lipinski definition) is 2. The van der Waals surface area contributed by atoms with E-state index >= 15 is 0 Å². The monoisotopic (exact) mass is 334 g/mol. The van der Waals surface area contributed by atoms with Gasteiger partial charge in [0.15, 0.2) is 0 Å². The Hall–Kier alpha value is -1.02. The number of rotatable bonds is 15. The van der Waals surface area contributed by atoms with Crippen LogP contribution in [0.15, 0.2) is 24.3 Å². The molecule has 0 heterocycles. The minimum atomic E-state index is 0.279. The highest BCUT2D eigenvalue weighted by Crippen LogP contribution is 2.16. The summed E-state index contributed by atoms with van der Waals surface area (Å²) in [4.78, 5) is 0. The summed E-state index contributed by atoms with van der Waals surface area (Å²) in [5, 5.41) is 0. The Balaban J connectivity index is 2.10. The molecule has 0 aliphatic carbocycles. The highest BCUT2D eigenvalue weighted by atomic mass is 16.5. The molecule has 1 unspecified atom stereocenters. The summed E-state index contributed by atoms with van der Waals surface area (Å²) in [6.07, 6.45) is 13.1. The van der Waals surface area contributed by atoms with Crippen LogP contribution in [0.2, 0.25) is 0 Å². The lowest BCUT2D eigenvalue weighted by molar-refractivity contribution is 0.0510. The molecule has 0 saturated carbocycles. The standard InChI is InChI=1S/C22H38O2/c1-4-6-7-8-9-10-11-12-21-13-15-22(16-14-21)24-19-17-20(3)23-18-5-2/h13-16,20H,4-12,17-19H2,1-3H3. The lowest BCUT2D eigenvalue weighted by atomic mass is 10.0. The zero-order valence-corrected chi connectivity index (χ0v) is 16.2. The first-order chi connectivity index (χ1) is 11.8. The van der Waals surface area contributed by atoms with E-state index in [1.807, 2.05) is 0 Å². The average Bonchev–Trinajstić information content (AvgIpc) is 2.60. The normalized spacial score (nSPS) is 12.3. The third-order valence-corrected chi connectivity index (χ3v) is 4.39. The van der Waals surface area contributed by atoms with Crippen molar-refractivity contribution in [1.82, 2.24) is 0 Å². The Morgan fingerprint density at radius 3 is 2.12 bits per heavy atom. The van der Waals surface area contributed by atoms with E-state index in [0.29, 0.717) is 0 Å². The van der Waals surface area contributed by atoms with Gasteiger partial charge in [0.1, 0.15) is 5.75 Å². The zero-order chi connectivity index (χ0) is 17.5. The average molecular weight is 335 g/mol. The summed E-state index contributed by atoms with van der Waals surface area (Å²) in [6, 6.07) is 8.63. The first-order valence-corrected chi connectivity index (χ1v) is 10.1. The first-order valence-electron chi connectivity index (χ1n) is 10.1. The van der Waals surface area contributed by atoms with Gasteiger partial charge in [-0.15, -0.1) is 0 Å². The van der Waals surface area contributed by atoms with Crippen LogP contribution in [0, 0.1) is 0 Å². The van der Waals surface area contributed by atoms with E-state index in [2.05, 4.69) is 45.0 Å². The third-order valence-electron chi connectivity index (χ3n) is 4.39. The minimum absolute atomic E-state index is 0.279. The number of unbranched alkanes of at least 4 members (excludes halogenated alkanes) is 6. The number of aryl methyl sites for hydroxylation is 1. The molecule has 138 valence electrons. The molecule has 0 aromatic heterocycles. The fourth-order valence-electron chi connectivity index (χ4n) is 2.78. The quantitative estimate of drug-likeness (QED) is 0.338. The molecule has 1 rings (SSSR count). The number of hydrogen-bond donors (Lipinski definition) is 0. The molecule has 0 aliphatic heterocycles. The van der Waals surface area contributed by atoms with Crippen LogP contribution in [0.5, 0.6) is 5.75 Å². The van der Waals surface area contributed by atoms with E-state index in [-0.39, 0.29) is 6.10 Å². The van der Waals surface area contributed by atoms with E-state index in [9.17, 15) is 0 Å². The fourth-order valence-corrected chi connectivity index (χ4v) is 2.78. The molecule has 0 spiro atoms. The van der Waals surface area contributed by atoms with Gasteiger partial charge < -0.3 is 9.47 Å². The fraction of sp³-hybridized carbons (Fsp3) is 0.727. The second-order valence-corrected chi connectivity index (χ2v) is 6.83. The molecule has 0 bridgehead atoms. The Kier molecular flexibility index (Phi) is 12.6. The molecule has 1 atom stereocenters. The summed E-state index contributed by atoms with van der Waals surface area (Å²) in [6.45, 7) is 8.09. The predicted molar refractivity (Wildman–Crippen MR) is 104 cm³/mol. The Morgan fingerprint density at radius 2 is 1.46 bits per heavy atom. The Morgan fingerprint density at radius 1 is 0.792 bits per heavy atom. The van der Waals surface area contributed by atoms with Crippen LogP contribution in [-0.4, -0.2) is 19.3 Å². The molecule has 0 N–H and O–H groups in total. The molecule has 0 amide bonds. The summed E-state index contributed by atoms with van der Waals surface area (Å²) >= 11 is 0. The van der Waals surface area contributed by atoms with Gasteiger partial charge in [-0.1, -0.05) is 64.5 Å². The summed E-state index contributed by atoms with van der Waals surface area (Å²) in [7, 11) is 0. The lowest BCUT2D eigenvalue weighted by Gasteiger charge is -2.13. The van der Waals surface area contributed by atoms with Crippen molar-refractivity contribution in [3.8, 4) is 5.75 Å². The van der Waals surface area contributed by atoms with Gasteiger partial charge >= 0.3 is 0 Å². The van der Waals surface area contributed by atoms with Crippen molar-refractivity contribution >= 4 is 0 Å². The first kappa shape index (κ1) is 21.0. The van der Waals surface area contributed by atoms with Crippen LogP contribution < -0.4 is 4.74 Å². The van der Waals surface area contributed by atoms with Crippen molar-refractivity contribution < 1.29 is 9.47 Å². The minimum Gasteiger partial charge on any atom is -0.493 e. The van der Waals surface area contributed by atoms with E-state index in [4.69, 9.17) is 9.47 Å². The van der Waals surface area contributed by atoms with Crippen molar-refractivity contribution in [2.24, 2.45) is 0 Å². The van der Waals surface area contributed by atoms with Gasteiger partial charge in [-0.3, -0.25) is 0 Å². The van der Waals surface area contributed by atoms with Crippen LogP contribution in [0.1, 0.15) is 84.1 Å². The van der Waals surface area contributed by atoms with Gasteiger partial charge in [-0.2, -0.15) is 0 Å².